The maximum Gasteiger partial charge on any atom is 0.311 e. The third-order valence-electron chi connectivity index (χ3n) is 7.05. The summed E-state index contributed by atoms with van der Waals surface area (Å²) >= 11 is 0. The van der Waals surface area contributed by atoms with E-state index < -0.39 is 0 Å². The quantitative estimate of drug-likeness (QED) is 0.263. The Bertz CT molecular complexity index is 905. The molecule has 1 aromatic carbocycles. The van der Waals surface area contributed by atoms with Gasteiger partial charge in [0.25, 0.3) is 0 Å². The monoisotopic (exact) mass is 465 g/mol. The van der Waals surface area contributed by atoms with Crippen LogP contribution >= 0.6 is 0 Å². The number of unbranched alkanes of at least 4 members (excludes halogenated alkanes) is 1. The van der Waals surface area contributed by atoms with E-state index in [9.17, 15) is 9.59 Å². The number of likely N-dealkylation sites (tertiary alicyclic amines) is 1. The van der Waals surface area contributed by atoms with Crippen LogP contribution in [-0.2, 0) is 14.3 Å². The number of esters is 2. The number of hydrogen-bond donors (Lipinski definition) is 0. The zero-order valence-corrected chi connectivity index (χ0v) is 21.3. The summed E-state index contributed by atoms with van der Waals surface area (Å²) in [4.78, 5) is 26.9. The smallest absolute Gasteiger partial charge is 0.311 e. The fourth-order valence-electron chi connectivity index (χ4n) is 4.87. The number of benzene rings is 1. The molecule has 2 aliphatic rings. The van der Waals surface area contributed by atoms with Gasteiger partial charge in [-0.15, -0.1) is 0 Å². The molecular formula is C29H39NO4. The molecule has 0 radical (unpaired) electrons. The minimum atomic E-state index is -0.279. The Hall–Kier alpha value is -2.66. The fraction of sp³-hybridized carbons (Fsp3) is 0.517. The lowest BCUT2D eigenvalue weighted by atomic mass is 9.79. The second-order valence-electron chi connectivity index (χ2n) is 10.6. The van der Waals surface area contributed by atoms with Gasteiger partial charge in [0.2, 0.25) is 0 Å². The summed E-state index contributed by atoms with van der Waals surface area (Å²) in [6.45, 7) is 8.76. The van der Waals surface area contributed by atoms with Crippen LogP contribution in [-0.4, -0.2) is 41.1 Å². The Balaban J connectivity index is 1.36. The van der Waals surface area contributed by atoms with E-state index >= 15 is 0 Å². The van der Waals surface area contributed by atoms with Crippen molar-refractivity contribution in [3.05, 3.63) is 66.3 Å². The number of ether oxygens (including phenoxy) is 2. The first-order chi connectivity index (χ1) is 16.1. The second kappa shape index (κ2) is 11.2. The van der Waals surface area contributed by atoms with Crippen LogP contribution in [0.3, 0.4) is 0 Å². The molecule has 1 aromatic rings. The number of carbonyl (C=O) groups is 2. The summed E-state index contributed by atoms with van der Waals surface area (Å²) in [6.07, 6.45) is 15.7. The first-order valence-electron chi connectivity index (χ1n) is 12.3. The molecule has 184 valence electrons. The van der Waals surface area contributed by atoms with Crippen molar-refractivity contribution in [3.63, 3.8) is 0 Å². The van der Waals surface area contributed by atoms with Gasteiger partial charge < -0.3 is 9.47 Å². The average Bonchev–Trinajstić information content (AvgIpc) is 3.05. The third kappa shape index (κ3) is 7.17. The van der Waals surface area contributed by atoms with Crippen molar-refractivity contribution >= 4 is 11.9 Å². The maximum absolute atomic E-state index is 12.4. The molecule has 1 saturated heterocycles. The van der Waals surface area contributed by atoms with Crippen LogP contribution in [0.15, 0.2) is 60.7 Å². The van der Waals surface area contributed by atoms with Gasteiger partial charge in [0, 0.05) is 42.7 Å². The van der Waals surface area contributed by atoms with E-state index in [-0.39, 0.29) is 41.5 Å². The highest BCUT2D eigenvalue weighted by Crippen LogP contribution is 2.38. The van der Waals surface area contributed by atoms with Crippen molar-refractivity contribution in [2.45, 2.75) is 89.3 Å². The van der Waals surface area contributed by atoms with Crippen molar-refractivity contribution in [2.75, 3.05) is 7.05 Å². The lowest BCUT2D eigenvalue weighted by Gasteiger charge is -2.53. The van der Waals surface area contributed by atoms with Crippen LogP contribution < -0.4 is 4.74 Å². The number of hydrogen-bond acceptors (Lipinski definition) is 5. The van der Waals surface area contributed by atoms with Gasteiger partial charge in [0.1, 0.15) is 11.9 Å². The standard InChI is InChI=1S/C29H39NO4/c1-28(2)20-25(21-29(3,4)30(28)5)34-27(32)15-11-10-14-26(31)33-24-18-16-23(17-19-24)22-12-8-6-7-9-13-22/h6-9,12-13,16-19,22,25H,10-11,14-15,20-21H2,1-5H3. The molecule has 0 spiro atoms. The second-order valence-corrected chi connectivity index (χ2v) is 10.6. The molecule has 0 saturated carbocycles. The number of piperidine rings is 1. The van der Waals surface area contributed by atoms with Crippen molar-refractivity contribution in [1.29, 1.82) is 0 Å². The topological polar surface area (TPSA) is 55.8 Å². The summed E-state index contributed by atoms with van der Waals surface area (Å²) < 4.78 is 11.2. The molecule has 5 heteroatoms. The van der Waals surface area contributed by atoms with Crippen LogP contribution in [0.1, 0.15) is 77.7 Å². The highest BCUT2D eigenvalue weighted by molar-refractivity contribution is 5.72. The lowest BCUT2D eigenvalue weighted by Crippen LogP contribution is -2.60. The SMILES string of the molecule is CN1C(C)(C)CC(OC(=O)CCCCC(=O)Oc2ccc(C3C=CC=CC=C3)cc2)CC1(C)C. The van der Waals surface area contributed by atoms with Gasteiger partial charge in [-0.25, -0.2) is 0 Å². The van der Waals surface area contributed by atoms with E-state index in [0.717, 1.165) is 18.4 Å². The Kier molecular flexibility index (Phi) is 8.53. The van der Waals surface area contributed by atoms with E-state index in [1.165, 1.54) is 0 Å². The molecular weight excluding hydrogens is 426 g/mol. The van der Waals surface area contributed by atoms with Crippen molar-refractivity contribution in [2.24, 2.45) is 0 Å². The van der Waals surface area contributed by atoms with Gasteiger partial charge in [-0.3, -0.25) is 14.5 Å². The molecule has 0 amide bonds. The zero-order valence-electron chi connectivity index (χ0n) is 21.3. The number of carbonyl (C=O) groups excluding carboxylic acids is 2. The Morgan fingerprint density at radius 3 is 1.94 bits per heavy atom. The molecule has 0 unspecified atom stereocenters. The summed E-state index contributed by atoms with van der Waals surface area (Å²) in [5, 5.41) is 0. The first-order valence-corrected chi connectivity index (χ1v) is 12.3. The van der Waals surface area contributed by atoms with E-state index in [4.69, 9.17) is 9.47 Å². The molecule has 34 heavy (non-hydrogen) atoms. The van der Waals surface area contributed by atoms with Gasteiger partial charge in [0.05, 0.1) is 0 Å². The zero-order chi connectivity index (χ0) is 24.8. The van der Waals surface area contributed by atoms with E-state index in [0.29, 0.717) is 25.0 Å². The molecule has 0 aromatic heterocycles. The average molecular weight is 466 g/mol. The minimum Gasteiger partial charge on any atom is -0.462 e. The molecule has 3 rings (SSSR count). The van der Waals surface area contributed by atoms with Crippen molar-refractivity contribution < 1.29 is 19.1 Å². The highest BCUT2D eigenvalue weighted by atomic mass is 16.5. The van der Waals surface area contributed by atoms with Gasteiger partial charge in [0.15, 0.2) is 0 Å². The molecule has 5 nitrogen and oxygen atoms in total. The van der Waals surface area contributed by atoms with Crippen LogP contribution in [0.25, 0.3) is 0 Å². The molecule has 1 fully saturated rings. The third-order valence-corrected chi connectivity index (χ3v) is 7.05. The maximum atomic E-state index is 12.4. The normalized spacial score (nSPS) is 20.1. The first kappa shape index (κ1) is 26.0. The summed E-state index contributed by atoms with van der Waals surface area (Å²) in [7, 11) is 2.13. The summed E-state index contributed by atoms with van der Waals surface area (Å²) in [6, 6.07) is 7.62. The van der Waals surface area contributed by atoms with Gasteiger partial charge >= 0.3 is 11.9 Å². The fourth-order valence-corrected chi connectivity index (χ4v) is 4.87. The van der Waals surface area contributed by atoms with E-state index in [1.54, 1.807) is 0 Å². The molecule has 0 bridgehead atoms. The highest BCUT2D eigenvalue weighted by Gasteiger charge is 2.44. The molecule has 1 aliphatic carbocycles. The van der Waals surface area contributed by atoms with Crippen LogP contribution in [0, 0.1) is 0 Å². The van der Waals surface area contributed by atoms with Gasteiger partial charge in [-0.1, -0.05) is 48.6 Å². The van der Waals surface area contributed by atoms with Crippen molar-refractivity contribution in [1.82, 2.24) is 4.90 Å². The number of rotatable bonds is 8. The van der Waals surface area contributed by atoms with Gasteiger partial charge in [-0.05, 0) is 65.3 Å². The van der Waals surface area contributed by atoms with E-state index in [2.05, 4.69) is 51.8 Å². The largest absolute Gasteiger partial charge is 0.462 e. The van der Waals surface area contributed by atoms with E-state index in [1.807, 2.05) is 48.6 Å². The molecule has 0 atom stereocenters. The number of allylic oxidation sites excluding steroid dienone is 6. The number of nitrogens with zero attached hydrogens (tertiary/aromatic N) is 1. The Labute approximate surface area is 204 Å². The molecule has 1 heterocycles. The minimum absolute atomic E-state index is 0.0189. The summed E-state index contributed by atoms with van der Waals surface area (Å²) in [5.41, 5.74) is 1.11. The van der Waals surface area contributed by atoms with Crippen LogP contribution in [0.5, 0.6) is 5.75 Å². The van der Waals surface area contributed by atoms with Gasteiger partial charge in [-0.2, -0.15) is 0 Å². The Morgan fingerprint density at radius 1 is 0.853 bits per heavy atom. The predicted molar refractivity (Wildman–Crippen MR) is 136 cm³/mol. The molecule has 1 aliphatic heterocycles. The van der Waals surface area contributed by atoms with Crippen molar-refractivity contribution in [3.8, 4) is 5.75 Å². The Morgan fingerprint density at radius 2 is 1.38 bits per heavy atom. The van der Waals surface area contributed by atoms with Crippen LogP contribution in [0.2, 0.25) is 0 Å². The van der Waals surface area contributed by atoms with Crippen LogP contribution in [0.4, 0.5) is 0 Å². The lowest BCUT2D eigenvalue weighted by molar-refractivity contribution is -0.159. The summed E-state index contributed by atoms with van der Waals surface area (Å²) in [5.74, 6) is 0.298. The molecule has 0 N–H and O–H groups in total. The predicted octanol–water partition coefficient (Wildman–Crippen LogP) is 6.11.